The number of benzene rings is 1. The minimum Gasteiger partial charge on any atom is -0.356 e. The van der Waals surface area contributed by atoms with E-state index in [1.54, 1.807) is 0 Å². The van der Waals surface area contributed by atoms with Crippen molar-refractivity contribution in [1.82, 2.24) is 20.4 Å². The van der Waals surface area contributed by atoms with Gasteiger partial charge in [0.2, 0.25) is 0 Å². The standard InChI is InChI=1S/C18H30ClN5/c1-20-18(22-15-16-5-7-17(19)8-6-16)21-9-3-11-24-12-4-10-23(2)13-14-24/h5-8H,3-4,9-15H2,1-2H3,(H2,20,21,22). The van der Waals surface area contributed by atoms with Crippen molar-refractivity contribution in [2.24, 2.45) is 4.99 Å². The number of halogens is 1. The summed E-state index contributed by atoms with van der Waals surface area (Å²) < 4.78 is 0. The second kappa shape index (κ2) is 10.5. The third-order valence-corrected chi connectivity index (χ3v) is 4.60. The fraction of sp³-hybridized carbons (Fsp3) is 0.611. The van der Waals surface area contributed by atoms with Gasteiger partial charge < -0.3 is 20.4 Å². The number of guanidine groups is 1. The van der Waals surface area contributed by atoms with E-state index >= 15 is 0 Å². The minimum absolute atomic E-state index is 0.745. The normalized spacial score (nSPS) is 17.5. The molecule has 1 aliphatic heterocycles. The summed E-state index contributed by atoms with van der Waals surface area (Å²) in [5, 5.41) is 7.49. The third kappa shape index (κ3) is 7.07. The minimum atomic E-state index is 0.745. The van der Waals surface area contributed by atoms with E-state index in [-0.39, 0.29) is 0 Å². The first-order valence-electron chi connectivity index (χ1n) is 8.77. The van der Waals surface area contributed by atoms with E-state index in [1.807, 2.05) is 31.3 Å². The molecule has 5 nitrogen and oxygen atoms in total. The van der Waals surface area contributed by atoms with Crippen LogP contribution in [0, 0.1) is 0 Å². The molecule has 1 saturated heterocycles. The van der Waals surface area contributed by atoms with Crippen LogP contribution in [0.5, 0.6) is 0 Å². The molecular formula is C18H30ClN5. The molecule has 134 valence electrons. The Hall–Kier alpha value is -1.30. The van der Waals surface area contributed by atoms with E-state index < -0.39 is 0 Å². The molecule has 0 unspecified atom stereocenters. The van der Waals surface area contributed by atoms with Gasteiger partial charge in [-0.15, -0.1) is 0 Å². The Morgan fingerprint density at radius 2 is 1.92 bits per heavy atom. The largest absolute Gasteiger partial charge is 0.356 e. The smallest absolute Gasteiger partial charge is 0.191 e. The molecule has 0 atom stereocenters. The fourth-order valence-corrected chi connectivity index (χ4v) is 2.97. The molecule has 0 bridgehead atoms. The lowest BCUT2D eigenvalue weighted by Gasteiger charge is -2.20. The quantitative estimate of drug-likeness (QED) is 0.467. The first-order valence-corrected chi connectivity index (χ1v) is 9.15. The van der Waals surface area contributed by atoms with Gasteiger partial charge in [0.05, 0.1) is 0 Å². The maximum absolute atomic E-state index is 5.91. The van der Waals surface area contributed by atoms with E-state index in [0.29, 0.717) is 0 Å². The maximum atomic E-state index is 5.91. The average molecular weight is 352 g/mol. The summed E-state index contributed by atoms with van der Waals surface area (Å²) in [5.41, 5.74) is 1.19. The van der Waals surface area contributed by atoms with Gasteiger partial charge in [0, 0.05) is 38.2 Å². The molecule has 0 spiro atoms. The third-order valence-electron chi connectivity index (χ3n) is 4.35. The van der Waals surface area contributed by atoms with Crippen LogP contribution >= 0.6 is 11.6 Å². The van der Waals surface area contributed by atoms with Gasteiger partial charge in [-0.1, -0.05) is 23.7 Å². The summed E-state index contributed by atoms with van der Waals surface area (Å²) in [4.78, 5) is 9.26. The molecule has 6 heteroatoms. The lowest BCUT2D eigenvalue weighted by molar-refractivity contribution is 0.274. The summed E-state index contributed by atoms with van der Waals surface area (Å²) >= 11 is 5.91. The number of likely N-dealkylation sites (N-methyl/N-ethyl adjacent to an activating group) is 1. The molecule has 1 aromatic carbocycles. The van der Waals surface area contributed by atoms with Crippen molar-refractivity contribution in [3.8, 4) is 0 Å². The van der Waals surface area contributed by atoms with Gasteiger partial charge in [0.25, 0.3) is 0 Å². The number of hydrogen-bond acceptors (Lipinski definition) is 3. The number of nitrogens with one attached hydrogen (secondary N) is 2. The van der Waals surface area contributed by atoms with Gasteiger partial charge in [-0.05, 0) is 57.2 Å². The van der Waals surface area contributed by atoms with Crippen molar-refractivity contribution >= 4 is 17.6 Å². The molecule has 1 aliphatic rings. The van der Waals surface area contributed by atoms with Crippen molar-refractivity contribution in [1.29, 1.82) is 0 Å². The SMILES string of the molecule is CN=C(NCCCN1CCCN(C)CC1)NCc1ccc(Cl)cc1. The molecule has 1 heterocycles. The Morgan fingerprint density at radius 3 is 2.67 bits per heavy atom. The lowest BCUT2D eigenvalue weighted by atomic mass is 10.2. The predicted molar refractivity (Wildman–Crippen MR) is 103 cm³/mol. The van der Waals surface area contributed by atoms with Gasteiger partial charge in [0.15, 0.2) is 5.96 Å². The first kappa shape index (κ1) is 19.0. The van der Waals surface area contributed by atoms with Gasteiger partial charge in [0.1, 0.15) is 0 Å². The molecular weight excluding hydrogens is 322 g/mol. The molecule has 0 aliphatic carbocycles. The average Bonchev–Trinajstić information content (AvgIpc) is 2.80. The molecule has 0 amide bonds. The van der Waals surface area contributed by atoms with Crippen LogP contribution < -0.4 is 10.6 Å². The predicted octanol–water partition coefficient (Wildman–Crippen LogP) is 2.03. The second-order valence-corrected chi connectivity index (χ2v) is 6.77. The van der Waals surface area contributed by atoms with Crippen LogP contribution in [0.15, 0.2) is 29.3 Å². The zero-order valence-corrected chi connectivity index (χ0v) is 15.6. The monoisotopic (exact) mass is 351 g/mol. The number of rotatable bonds is 6. The first-order chi connectivity index (χ1) is 11.7. The molecule has 24 heavy (non-hydrogen) atoms. The highest BCUT2D eigenvalue weighted by atomic mass is 35.5. The zero-order valence-electron chi connectivity index (χ0n) is 14.9. The van der Waals surface area contributed by atoms with Crippen LogP contribution in [-0.2, 0) is 6.54 Å². The number of aliphatic imine (C=N–C) groups is 1. The van der Waals surface area contributed by atoms with Gasteiger partial charge in [-0.2, -0.15) is 0 Å². The highest BCUT2D eigenvalue weighted by molar-refractivity contribution is 6.30. The number of hydrogen-bond donors (Lipinski definition) is 2. The van der Waals surface area contributed by atoms with Gasteiger partial charge >= 0.3 is 0 Å². The van der Waals surface area contributed by atoms with Crippen molar-refractivity contribution in [2.75, 3.05) is 53.4 Å². The highest BCUT2D eigenvalue weighted by Crippen LogP contribution is 2.09. The molecule has 0 radical (unpaired) electrons. The Balaban J connectivity index is 1.62. The summed E-state index contributed by atoms with van der Waals surface area (Å²) in [6.07, 6.45) is 2.40. The Bertz CT molecular complexity index is 503. The molecule has 2 rings (SSSR count). The van der Waals surface area contributed by atoms with Crippen LogP contribution in [0.1, 0.15) is 18.4 Å². The molecule has 0 aromatic heterocycles. The number of nitrogens with zero attached hydrogens (tertiary/aromatic N) is 3. The summed E-state index contributed by atoms with van der Waals surface area (Å²) in [5.74, 6) is 0.848. The van der Waals surface area contributed by atoms with Crippen LogP contribution in [0.3, 0.4) is 0 Å². The van der Waals surface area contributed by atoms with Gasteiger partial charge in [-0.3, -0.25) is 4.99 Å². The van der Waals surface area contributed by atoms with Crippen LogP contribution in [0.25, 0.3) is 0 Å². The highest BCUT2D eigenvalue weighted by Gasteiger charge is 2.11. The molecule has 2 N–H and O–H groups in total. The van der Waals surface area contributed by atoms with Crippen molar-refractivity contribution < 1.29 is 0 Å². The fourth-order valence-electron chi connectivity index (χ4n) is 2.84. The Labute approximate surface area is 151 Å². The Morgan fingerprint density at radius 1 is 1.12 bits per heavy atom. The maximum Gasteiger partial charge on any atom is 0.191 e. The van der Waals surface area contributed by atoms with Crippen LogP contribution in [-0.4, -0.2) is 69.1 Å². The van der Waals surface area contributed by atoms with Crippen molar-refractivity contribution in [3.05, 3.63) is 34.9 Å². The topological polar surface area (TPSA) is 42.9 Å². The zero-order chi connectivity index (χ0) is 17.2. The Kier molecular flexibility index (Phi) is 8.36. The second-order valence-electron chi connectivity index (χ2n) is 6.33. The summed E-state index contributed by atoms with van der Waals surface area (Å²) in [6.45, 7) is 7.62. The van der Waals surface area contributed by atoms with Gasteiger partial charge in [-0.25, -0.2) is 0 Å². The van der Waals surface area contributed by atoms with E-state index in [9.17, 15) is 0 Å². The molecule has 1 aromatic rings. The lowest BCUT2D eigenvalue weighted by Crippen LogP contribution is -2.38. The van der Waals surface area contributed by atoms with E-state index in [2.05, 4.69) is 32.5 Å². The molecule has 0 saturated carbocycles. The van der Waals surface area contributed by atoms with Crippen LogP contribution in [0.2, 0.25) is 5.02 Å². The van der Waals surface area contributed by atoms with E-state index in [4.69, 9.17) is 11.6 Å². The van der Waals surface area contributed by atoms with Crippen molar-refractivity contribution in [2.45, 2.75) is 19.4 Å². The van der Waals surface area contributed by atoms with E-state index in [1.165, 1.54) is 38.2 Å². The molecule has 1 fully saturated rings. The summed E-state index contributed by atoms with van der Waals surface area (Å²) in [7, 11) is 4.02. The van der Waals surface area contributed by atoms with Crippen molar-refractivity contribution in [3.63, 3.8) is 0 Å². The van der Waals surface area contributed by atoms with E-state index in [0.717, 1.165) is 37.0 Å². The van der Waals surface area contributed by atoms with Crippen LogP contribution in [0.4, 0.5) is 0 Å². The summed E-state index contributed by atoms with van der Waals surface area (Å²) in [6, 6.07) is 7.87.